The molecule has 0 heterocycles. The Balaban J connectivity index is 2.87. The molecule has 0 aromatic rings. The summed E-state index contributed by atoms with van der Waals surface area (Å²) in [6, 6.07) is -0.534. The molecular formula is C12H22BrN3O2Si. The second-order valence-electron chi connectivity index (χ2n) is 6.36. The van der Waals surface area contributed by atoms with Gasteiger partial charge in [0.25, 0.3) is 0 Å². The lowest BCUT2D eigenvalue weighted by atomic mass is 9.98. The molecular weight excluding hydrogens is 326 g/mol. The first-order valence-electron chi connectivity index (χ1n) is 6.32. The summed E-state index contributed by atoms with van der Waals surface area (Å²) in [5.41, 5.74) is 8.46. The highest BCUT2D eigenvalue weighted by atomic mass is 79.9. The number of hydrogen-bond acceptors (Lipinski definition) is 3. The van der Waals surface area contributed by atoms with Crippen molar-refractivity contribution in [1.82, 2.24) is 0 Å². The minimum atomic E-state index is -1.90. The van der Waals surface area contributed by atoms with Crippen LogP contribution in [-0.2, 0) is 4.43 Å². The standard InChI is InChI=1S/C12H22BrN3O2Si/c1-12(2,3)19(4,5)18-9-7-6-8(15-16-14)11(17)10(9)13/h6-11,17H,1-5H3/t8-,9+,10-,11+/m1/s1. The van der Waals surface area contributed by atoms with Crippen LogP contribution in [0.25, 0.3) is 10.4 Å². The first kappa shape index (κ1) is 16.7. The Hall–Kier alpha value is -0.333. The monoisotopic (exact) mass is 347 g/mol. The van der Waals surface area contributed by atoms with E-state index < -0.39 is 20.5 Å². The van der Waals surface area contributed by atoms with E-state index >= 15 is 0 Å². The minimum Gasteiger partial charge on any atom is -0.409 e. The molecule has 0 radical (unpaired) electrons. The van der Waals surface area contributed by atoms with E-state index in [1.165, 1.54) is 0 Å². The van der Waals surface area contributed by atoms with Gasteiger partial charge in [-0.15, -0.1) is 0 Å². The fraction of sp³-hybridized carbons (Fsp3) is 0.833. The third-order valence-corrected chi connectivity index (χ3v) is 9.45. The highest BCUT2D eigenvalue weighted by Gasteiger charge is 2.42. The molecule has 0 aliphatic heterocycles. The molecule has 19 heavy (non-hydrogen) atoms. The van der Waals surface area contributed by atoms with Gasteiger partial charge < -0.3 is 9.53 Å². The van der Waals surface area contributed by atoms with Crippen LogP contribution in [-0.4, -0.2) is 36.5 Å². The quantitative estimate of drug-likeness (QED) is 0.211. The van der Waals surface area contributed by atoms with E-state index in [1.807, 2.05) is 6.08 Å². The molecule has 5 nitrogen and oxygen atoms in total. The van der Waals surface area contributed by atoms with Crippen molar-refractivity contribution >= 4 is 24.2 Å². The van der Waals surface area contributed by atoms with Crippen molar-refractivity contribution in [2.45, 2.75) is 62.0 Å². The van der Waals surface area contributed by atoms with Crippen LogP contribution in [0.1, 0.15) is 20.8 Å². The first-order valence-corrected chi connectivity index (χ1v) is 10.1. The van der Waals surface area contributed by atoms with Crippen LogP contribution in [0.5, 0.6) is 0 Å². The highest BCUT2D eigenvalue weighted by Crippen LogP contribution is 2.39. The SMILES string of the molecule is CC(C)(C)[Si](C)(C)O[C@H]1C=C[C@@H](N=[N+]=[N-])[C@H](O)[C@@H]1Br. The molecule has 0 saturated heterocycles. The molecule has 1 aliphatic carbocycles. The summed E-state index contributed by atoms with van der Waals surface area (Å²) in [6.07, 6.45) is 2.64. The van der Waals surface area contributed by atoms with Crippen LogP contribution in [0, 0.1) is 0 Å². The van der Waals surface area contributed by atoms with E-state index in [1.54, 1.807) is 6.08 Å². The summed E-state index contributed by atoms with van der Waals surface area (Å²) in [5.74, 6) is 0. The summed E-state index contributed by atoms with van der Waals surface area (Å²) in [5, 5.41) is 13.8. The molecule has 0 aromatic heterocycles. The molecule has 1 aliphatic rings. The lowest BCUT2D eigenvalue weighted by molar-refractivity contribution is 0.100. The molecule has 7 heteroatoms. The number of hydrogen-bond donors (Lipinski definition) is 1. The van der Waals surface area contributed by atoms with Gasteiger partial charge in [0, 0.05) is 4.91 Å². The first-order chi connectivity index (χ1) is 8.60. The second kappa shape index (κ2) is 5.97. The molecule has 0 bridgehead atoms. The van der Waals surface area contributed by atoms with Crippen molar-refractivity contribution in [3.63, 3.8) is 0 Å². The molecule has 0 fully saturated rings. The predicted octanol–water partition coefficient (Wildman–Crippen LogP) is 3.75. The average Bonchev–Trinajstić information content (AvgIpc) is 2.27. The molecule has 1 rings (SSSR count). The van der Waals surface area contributed by atoms with E-state index in [4.69, 9.17) is 9.96 Å². The van der Waals surface area contributed by atoms with Crippen molar-refractivity contribution in [3.05, 3.63) is 22.6 Å². The van der Waals surface area contributed by atoms with E-state index in [0.717, 1.165) is 0 Å². The van der Waals surface area contributed by atoms with E-state index in [-0.39, 0.29) is 16.0 Å². The Morgan fingerprint density at radius 1 is 1.37 bits per heavy atom. The number of rotatable bonds is 3. The molecule has 0 aromatic carbocycles. The molecule has 4 atom stereocenters. The molecule has 0 unspecified atom stereocenters. The summed E-state index contributed by atoms with van der Waals surface area (Å²) in [4.78, 5) is 2.48. The van der Waals surface area contributed by atoms with E-state index in [0.29, 0.717) is 0 Å². The normalized spacial score (nSPS) is 31.9. The fourth-order valence-corrected chi connectivity index (χ4v) is 3.67. The van der Waals surface area contributed by atoms with E-state index in [9.17, 15) is 5.11 Å². The number of aliphatic hydroxyl groups excluding tert-OH is 1. The number of azide groups is 1. The van der Waals surface area contributed by atoms with Gasteiger partial charge in [-0.2, -0.15) is 0 Å². The maximum absolute atomic E-state index is 10.1. The minimum absolute atomic E-state index is 0.111. The van der Waals surface area contributed by atoms with Crippen molar-refractivity contribution < 1.29 is 9.53 Å². The number of aliphatic hydroxyl groups is 1. The summed E-state index contributed by atoms with van der Waals surface area (Å²) >= 11 is 3.46. The maximum Gasteiger partial charge on any atom is 0.192 e. The number of halogens is 1. The molecule has 0 saturated carbocycles. The van der Waals surface area contributed by atoms with Gasteiger partial charge in [0.15, 0.2) is 8.32 Å². The zero-order chi connectivity index (χ0) is 14.8. The molecule has 0 amide bonds. The Morgan fingerprint density at radius 3 is 2.42 bits per heavy atom. The van der Waals surface area contributed by atoms with Crippen molar-refractivity contribution in [3.8, 4) is 0 Å². The smallest absolute Gasteiger partial charge is 0.192 e. The highest BCUT2D eigenvalue weighted by molar-refractivity contribution is 9.09. The Morgan fingerprint density at radius 2 is 1.95 bits per heavy atom. The Labute approximate surface area is 123 Å². The summed E-state index contributed by atoms with van der Waals surface area (Å²) < 4.78 is 6.26. The lowest BCUT2D eigenvalue weighted by Gasteiger charge is -2.42. The summed E-state index contributed by atoms with van der Waals surface area (Å²) in [6.45, 7) is 10.9. The maximum atomic E-state index is 10.1. The van der Waals surface area contributed by atoms with Crippen LogP contribution >= 0.6 is 15.9 Å². The van der Waals surface area contributed by atoms with Crippen molar-refractivity contribution in [1.29, 1.82) is 0 Å². The van der Waals surface area contributed by atoms with Gasteiger partial charge in [0.05, 0.1) is 23.1 Å². The van der Waals surface area contributed by atoms with Gasteiger partial charge in [-0.1, -0.05) is 54.0 Å². The van der Waals surface area contributed by atoms with Gasteiger partial charge in [-0.25, -0.2) is 0 Å². The molecule has 1 N–H and O–H groups in total. The van der Waals surface area contributed by atoms with Gasteiger partial charge in [0.1, 0.15) is 0 Å². The lowest BCUT2D eigenvalue weighted by Crippen LogP contribution is -2.50. The Bertz CT molecular complexity index is 402. The van der Waals surface area contributed by atoms with Crippen LogP contribution in [0.15, 0.2) is 17.3 Å². The van der Waals surface area contributed by atoms with Crippen LogP contribution in [0.3, 0.4) is 0 Å². The van der Waals surface area contributed by atoms with Crippen LogP contribution in [0.2, 0.25) is 18.1 Å². The van der Waals surface area contributed by atoms with Gasteiger partial charge in [-0.3, -0.25) is 0 Å². The largest absolute Gasteiger partial charge is 0.409 e. The van der Waals surface area contributed by atoms with Crippen molar-refractivity contribution in [2.24, 2.45) is 5.11 Å². The zero-order valence-electron chi connectivity index (χ0n) is 12.0. The number of nitrogens with zero attached hydrogens (tertiary/aromatic N) is 3. The predicted molar refractivity (Wildman–Crippen MR) is 82.9 cm³/mol. The second-order valence-corrected chi connectivity index (χ2v) is 12.2. The van der Waals surface area contributed by atoms with Crippen LogP contribution < -0.4 is 0 Å². The number of alkyl halides is 1. The van der Waals surface area contributed by atoms with Crippen molar-refractivity contribution in [2.75, 3.05) is 0 Å². The topological polar surface area (TPSA) is 78.2 Å². The average molecular weight is 348 g/mol. The third-order valence-electron chi connectivity index (χ3n) is 3.91. The third kappa shape index (κ3) is 3.83. The molecule has 0 spiro atoms. The van der Waals surface area contributed by atoms with E-state index in [2.05, 4.69) is 59.8 Å². The summed E-state index contributed by atoms with van der Waals surface area (Å²) in [7, 11) is -1.90. The zero-order valence-corrected chi connectivity index (χ0v) is 14.6. The fourth-order valence-electron chi connectivity index (χ4n) is 1.61. The molecule has 108 valence electrons. The van der Waals surface area contributed by atoms with Gasteiger partial charge in [0.2, 0.25) is 0 Å². The van der Waals surface area contributed by atoms with Crippen LogP contribution in [0.4, 0.5) is 0 Å². The van der Waals surface area contributed by atoms with Gasteiger partial charge >= 0.3 is 0 Å². The van der Waals surface area contributed by atoms with Gasteiger partial charge in [-0.05, 0) is 23.7 Å². The Kier molecular flexibility index (Phi) is 5.26.